The van der Waals surface area contributed by atoms with Gasteiger partial charge in [-0.3, -0.25) is 9.48 Å². The number of hydrogen-bond acceptors (Lipinski definition) is 6. The third-order valence-electron chi connectivity index (χ3n) is 5.56. The summed E-state index contributed by atoms with van der Waals surface area (Å²) in [5.41, 5.74) is 7.14. The van der Waals surface area contributed by atoms with Crippen molar-refractivity contribution in [1.82, 2.24) is 24.6 Å². The van der Waals surface area contributed by atoms with Gasteiger partial charge in [-0.25, -0.2) is 18.7 Å². The minimum Gasteiger partial charge on any atom is -0.383 e. The van der Waals surface area contributed by atoms with E-state index < -0.39 is 11.6 Å². The average molecular weight is 450 g/mol. The van der Waals surface area contributed by atoms with Crippen LogP contribution in [-0.4, -0.2) is 56.9 Å². The zero-order valence-electron chi connectivity index (χ0n) is 17.5. The zero-order chi connectivity index (χ0) is 22.9. The van der Waals surface area contributed by atoms with Gasteiger partial charge >= 0.3 is 0 Å². The Hall–Kier alpha value is -3.92. The van der Waals surface area contributed by atoms with Crippen LogP contribution in [0.15, 0.2) is 48.7 Å². The van der Waals surface area contributed by atoms with Gasteiger partial charge in [0.05, 0.1) is 19.8 Å². The van der Waals surface area contributed by atoms with Gasteiger partial charge in [0.2, 0.25) is 0 Å². The van der Waals surface area contributed by atoms with Crippen molar-refractivity contribution in [2.75, 3.05) is 32.0 Å². The molecule has 0 radical (unpaired) electrons. The molecule has 168 valence electrons. The van der Waals surface area contributed by atoms with Gasteiger partial charge in [0, 0.05) is 30.2 Å². The largest absolute Gasteiger partial charge is 0.383 e. The van der Waals surface area contributed by atoms with Crippen LogP contribution in [0.1, 0.15) is 15.9 Å². The number of hydrogen-bond donors (Lipinski definition) is 1. The van der Waals surface area contributed by atoms with Crippen molar-refractivity contribution in [1.29, 1.82) is 0 Å². The highest BCUT2D eigenvalue weighted by Gasteiger charge is 2.24. The molecule has 8 nitrogen and oxygen atoms in total. The molecule has 0 unspecified atom stereocenters. The number of aromatic nitrogens is 4. The van der Waals surface area contributed by atoms with Crippen LogP contribution in [-0.2, 0) is 11.3 Å². The van der Waals surface area contributed by atoms with E-state index in [1.54, 1.807) is 35.2 Å². The Morgan fingerprint density at radius 1 is 1.06 bits per heavy atom. The summed E-state index contributed by atoms with van der Waals surface area (Å²) in [4.78, 5) is 23.0. The lowest BCUT2D eigenvalue weighted by Crippen LogP contribution is -2.41. The number of nitrogens with two attached hydrogens (primary N) is 1. The zero-order valence-corrected chi connectivity index (χ0v) is 17.5. The van der Waals surface area contributed by atoms with Crippen molar-refractivity contribution >= 4 is 22.6 Å². The van der Waals surface area contributed by atoms with Crippen molar-refractivity contribution in [2.45, 2.75) is 6.54 Å². The molecule has 0 aliphatic carbocycles. The van der Waals surface area contributed by atoms with Crippen LogP contribution in [0.2, 0.25) is 0 Å². The highest BCUT2D eigenvalue weighted by molar-refractivity contribution is 5.99. The summed E-state index contributed by atoms with van der Waals surface area (Å²) in [6, 6.07) is 10.8. The standard InChI is InChI=1S/C23H20F2N6O2/c24-17-6-2-1-4-14(17)13-31-20-15(5-3-7-18(20)25)19(29-31)22-27-12-16(21(26)28-22)23(32)30-8-10-33-11-9-30/h1-7,12H,8-11,13H2,(H2,26,27,28). The molecule has 1 saturated heterocycles. The molecular formula is C23H20F2N6O2. The first-order valence-electron chi connectivity index (χ1n) is 10.4. The molecule has 2 aromatic heterocycles. The van der Waals surface area contributed by atoms with Gasteiger partial charge in [-0.2, -0.15) is 5.10 Å². The van der Waals surface area contributed by atoms with Crippen molar-refractivity contribution in [3.05, 3.63) is 71.4 Å². The first kappa shape index (κ1) is 21.0. The molecular weight excluding hydrogens is 430 g/mol. The maximum atomic E-state index is 14.8. The fourth-order valence-corrected chi connectivity index (χ4v) is 3.87. The molecule has 1 fully saturated rings. The lowest BCUT2D eigenvalue weighted by Gasteiger charge is -2.26. The molecule has 2 aromatic carbocycles. The lowest BCUT2D eigenvalue weighted by atomic mass is 10.1. The molecule has 0 atom stereocenters. The molecule has 1 amide bonds. The Kier molecular flexibility index (Phi) is 5.43. The van der Waals surface area contributed by atoms with E-state index in [-0.39, 0.29) is 40.9 Å². The van der Waals surface area contributed by atoms with Crippen molar-refractivity contribution < 1.29 is 18.3 Å². The number of fused-ring (bicyclic) bond motifs is 1. The first-order valence-corrected chi connectivity index (χ1v) is 10.4. The molecule has 3 heterocycles. The molecule has 33 heavy (non-hydrogen) atoms. The number of morpholine rings is 1. The number of ether oxygens (including phenoxy) is 1. The summed E-state index contributed by atoms with van der Waals surface area (Å²) in [6.45, 7) is 1.87. The van der Waals surface area contributed by atoms with E-state index in [1.165, 1.54) is 23.0 Å². The molecule has 0 spiro atoms. The van der Waals surface area contributed by atoms with Crippen LogP contribution >= 0.6 is 0 Å². The summed E-state index contributed by atoms with van der Waals surface area (Å²) >= 11 is 0. The molecule has 2 N–H and O–H groups in total. The molecule has 4 aromatic rings. The van der Waals surface area contributed by atoms with Crippen LogP contribution in [0.5, 0.6) is 0 Å². The van der Waals surface area contributed by atoms with Gasteiger partial charge in [-0.05, 0) is 12.1 Å². The molecule has 1 aliphatic heterocycles. The van der Waals surface area contributed by atoms with Crippen molar-refractivity contribution in [2.24, 2.45) is 0 Å². The second-order valence-electron chi connectivity index (χ2n) is 7.63. The van der Waals surface area contributed by atoms with Crippen LogP contribution in [0.4, 0.5) is 14.6 Å². The van der Waals surface area contributed by atoms with Crippen molar-refractivity contribution in [3.8, 4) is 11.5 Å². The number of anilines is 1. The Morgan fingerprint density at radius 2 is 1.82 bits per heavy atom. The Labute approximate surface area is 187 Å². The Morgan fingerprint density at radius 3 is 2.58 bits per heavy atom. The molecule has 1 aliphatic rings. The van der Waals surface area contributed by atoms with Gasteiger partial charge < -0.3 is 15.4 Å². The summed E-state index contributed by atoms with van der Waals surface area (Å²) in [5, 5.41) is 4.94. The third-order valence-corrected chi connectivity index (χ3v) is 5.56. The quantitative estimate of drug-likeness (QED) is 0.513. The summed E-state index contributed by atoms with van der Waals surface area (Å²) in [7, 11) is 0. The monoisotopic (exact) mass is 450 g/mol. The summed E-state index contributed by atoms with van der Waals surface area (Å²) in [5.74, 6) is -1.04. The van der Waals surface area contributed by atoms with Crippen LogP contribution in [0.25, 0.3) is 22.4 Å². The van der Waals surface area contributed by atoms with Gasteiger partial charge in [-0.1, -0.05) is 30.3 Å². The Balaban J connectivity index is 1.55. The third kappa shape index (κ3) is 3.89. The number of amides is 1. The molecule has 10 heteroatoms. The van der Waals surface area contributed by atoms with Gasteiger partial charge in [0.1, 0.15) is 34.2 Å². The average Bonchev–Trinajstić information content (AvgIpc) is 3.20. The van der Waals surface area contributed by atoms with Crippen LogP contribution < -0.4 is 5.73 Å². The molecule has 0 saturated carbocycles. The van der Waals surface area contributed by atoms with E-state index in [0.717, 1.165) is 0 Å². The normalized spacial score (nSPS) is 14.1. The Bertz CT molecular complexity index is 1350. The topological polar surface area (TPSA) is 99.2 Å². The van der Waals surface area contributed by atoms with Gasteiger partial charge in [-0.15, -0.1) is 0 Å². The SMILES string of the molecule is Nc1nc(-c2nn(Cc3ccccc3F)c3c(F)cccc23)ncc1C(=O)N1CCOCC1. The number of carbonyl (C=O) groups is 1. The van der Waals surface area contributed by atoms with E-state index in [1.807, 2.05) is 0 Å². The highest BCUT2D eigenvalue weighted by Crippen LogP contribution is 2.29. The van der Waals surface area contributed by atoms with E-state index >= 15 is 0 Å². The fraction of sp³-hybridized carbons (Fsp3) is 0.217. The molecule has 0 bridgehead atoms. The van der Waals surface area contributed by atoms with E-state index in [2.05, 4.69) is 15.1 Å². The van der Waals surface area contributed by atoms with Crippen molar-refractivity contribution in [3.63, 3.8) is 0 Å². The first-order chi connectivity index (χ1) is 16.0. The maximum Gasteiger partial charge on any atom is 0.259 e. The second-order valence-corrected chi connectivity index (χ2v) is 7.63. The predicted molar refractivity (Wildman–Crippen MR) is 117 cm³/mol. The van der Waals surface area contributed by atoms with E-state index in [0.29, 0.717) is 37.3 Å². The number of para-hydroxylation sites is 1. The number of nitrogen functional groups attached to an aromatic ring is 1. The van der Waals surface area contributed by atoms with Crippen LogP contribution in [0.3, 0.4) is 0 Å². The summed E-state index contributed by atoms with van der Waals surface area (Å²) < 4.78 is 35.6. The molecule has 5 rings (SSSR count). The minimum absolute atomic E-state index is 0.00435. The van der Waals surface area contributed by atoms with E-state index in [9.17, 15) is 13.6 Å². The van der Waals surface area contributed by atoms with E-state index in [4.69, 9.17) is 10.5 Å². The van der Waals surface area contributed by atoms with Gasteiger partial charge in [0.15, 0.2) is 5.82 Å². The second kappa shape index (κ2) is 8.55. The summed E-state index contributed by atoms with van der Waals surface area (Å²) in [6.07, 6.45) is 1.36. The predicted octanol–water partition coefficient (Wildman–Crippen LogP) is 2.87. The van der Waals surface area contributed by atoms with Crippen LogP contribution in [0, 0.1) is 11.6 Å². The number of carbonyl (C=O) groups excluding carboxylic acids is 1. The number of rotatable bonds is 4. The minimum atomic E-state index is -0.505. The lowest BCUT2D eigenvalue weighted by molar-refractivity contribution is 0.0303. The smallest absolute Gasteiger partial charge is 0.259 e. The highest BCUT2D eigenvalue weighted by atomic mass is 19.1. The maximum absolute atomic E-state index is 14.8. The number of nitrogens with zero attached hydrogens (tertiary/aromatic N) is 5. The number of benzene rings is 2. The fourth-order valence-electron chi connectivity index (χ4n) is 3.87. The number of halogens is 2. The van der Waals surface area contributed by atoms with Gasteiger partial charge in [0.25, 0.3) is 5.91 Å².